The van der Waals surface area contributed by atoms with E-state index in [2.05, 4.69) is 25.9 Å². The SMILES string of the molecule is O=C(C(=Cc1ccc(-c2ccc([N+](=O)[O-])cc2Br)o1)c1ncc[nH]1)c1ccccc1. The van der Waals surface area contributed by atoms with Crippen LogP contribution in [0.4, 0.5) is 5.69 Å². The molecular formula is C22H14BrN3O4. The van der Waals surface area contributed by atoms with Crippen LogP contribution in [0.25, 0.3) is 23.0 Å². The second-order valence-corrected chi connectivity index (χ2v) is 7.17. The Balaban J connectivity index is 1.72. The first-order valence-electron chi connectivity index (χ1n) is 8.88. The van der Waals surface area contributed by atoms with E-state index in [9.17, 15) is 14.9 Å². The lowest BCUT2D eigenvalue weighted by Crippen LogP contribution is -2.04. The second kappa shape index (κ2) is 8.30. The lowest BCUT2D eigenvalue weighted by Gasteiger charge is -2.04. The third kappa shape index (κ3) is 3.99. The normalized spacial score (nSPS) is 11.4. The molecule has 4 aromatic rings. The van der Waals surface area contributed by atoms with Crippen molar-refractivity contribution in [3.8, 4) is 11.3 Å². The number of non-ortho nitro benzene ring substituents is 1. The number of nitrogens with zero attached hydrogens (tertiary/aromatic N) is 2. The number of hydrogen-bond donors (Lipinski definition) is 1. The molecule has 1 N–H and O–H groups in total. The third-order valence-corrected chi connectivity index (χ3v) is 5.03. The highest BCUT2D eigenvalue weighted by Crippen LogP contribution is 2.33. The van der Waals surface area contributed by atoms with Gasteiger partial charge in [0.15, 0.2) is 5.78 Å². The van der Waals surface area contributed by atoms with Crippen LogP contribution in [0.2, 0.25) is 0 Å². The number of aromatic nitrogens is 2. The predicted molar refractivity (Wildman–Crippen MR) is 116 cm³/mol. The molecule has 2 heterocycles. The van der Waals surface area contributed by atoms with Gasteiger partial charge in [-0.05, 0) is 40.2 Å². The minimum Gasteiger partial charge on any atom is -0.457 e. The Labute approximate surface area is 179 Å². The van der Waals surface area contributed by atoms with E-state index in [-0.39, 0.29) is 11.5 Å². The lowest BCUT2D eigenvalue weighted by atomic mass is 10.0. The maximum atomic E-state index is 13.0. The van der Waals surface area contributed by atoms with Crippen LogP contribution in [-0.2, 0) is 0 Å². The van der Waals surface area contributed by atoms with Crippen molar-refractivity contribution < 1.29 is 14.1 Å². The van der Waals surface area contributed by atoms with Crippen molar-refractivity contribution in [1.82, 2.24) is 9.97 Å². The average molecular weight is 464 g/mol. The van der Waals surface area contributed by atoms with Crippen LogP contribution >= 0.6 is 15.9 Å². The van der Waals surface area contributed by atoms with E-state index in [4.69, 9.17) is 4.42 Å². The van der Waals surface area contributed by atoms with Crippen molar-refractivity contribution in [2.45, 2.75) is 0 Å². The Morgan fingerprint density at radius 3 is 2.60 bits per heavy atom. The van der Waals surface area contributed by atoms with Crippen LogP contribution in [0.5, 0.6) is 0 Å². The molecule has 0 fully saturated rings. The number of hydrogen-bond acceptors (Lipinski definition) is 5. The van der Waals surface area contributed by atoms with Gasteiger partial charge in [-0.2, -0.15) is 0 Å². The number of imidazole rings is 1. The maximum Gasteiger partial charge on any atom is 0.270 e. The zero-order valence-electron chi connectivity index (χ0n) is 15.4. The molecule has 0 saturated heterocycles. The van der Waals surface area contributed by atoms with Crippen LogP contribution in [0, 0.1) is 10.1 Å². The summed E-state index contributed by atoms with van der Waals surface area (Å²) < 4.78 is 6.43. The molecule has 148 valence electrons. The van der Waals surface area contributed by atoms with Crippen molar-refractivity contribution in [2.24, 2.45) is 0 Å². The summed E-state index contributed by atoms with van der Waals surface area (Å²) in [5.74, 6) is 1.19. The Kier molecular flexibility index (Phi) is 5.40. The molecular weight excluding hydrogens is 450 g/mol. The highest BCUT2D eigenvalue weighted by Gasteiger charge is 2.18. The number of Topliss-reactive ketones (excluding diaryl/α,β-unsaturated/α-hetero) is 1. The molecule has 8 heteroatoms. The quantitative estimate of drug-likeness (QED) is 0.169. The maximum absolute atomic E-state index is 13.0. The molecule has 4 rings (SSSR count). The topological polar surface area (TPSA) is 102 Å². The number of H-pyrrole nitrogens is 1. The van der Waals surface area contributed by atoms with Gasteiger partial charge in [-0.1, -0.05) is 30.3 Å². The Morgan fingerprint density at radius 2 is 1.93 bits per heavy atom. The molecule has 2 aromatic carbocycles. The fraction of sp³-hybridized carbons (Fsp3) is 0. The third-order valence-electron chi connectivity index (χ3n) is 4.38. The molecule has 0 unspecified atom stereocenters. The minimum absolute atomic E-state index is 0.0223. The van der Waals surface area contributed by atoms with E-state index in [1.54, 1.807) is 60.9 Å². The van der Waals surface area contributed by atoms with Crippen LogP contribution < -0.4 is 0 Å². The minimum atomic E-state index is -0.463. The Morgan fingerprint density at radius 1 is 1.13 bits per heavy atom. The number of benzene rings is 2. The van der Waals surface area contributed by atoms with Crippen molar-refractivity contribution in [3.63, 3.8) is 0 Å². The zero-order chi connectivity index (χ0) is 21.1. The second-order valence-electron chi connectivity index (χ2n) is 6.31. The number of carbonyl (C=O) groups excluding carboxylic acids is 1. The van der Waals surface area contributed by atoms with E-state index in [1.807, 2.05) is 6.07 Å². The van der Waals surface area contributed by atoms with Gasteiger partial charge in [-0.15, -0.1) is 0 Å². The summed E-state index contributed by atoms with van der Waals surface area (Å²) in [7, 11) is 0. The molecule has 7 nitrogen and oxygen atoms in total. The van der Waals surface area contributed by atoms with Gasteiger partial charge in [0.2, 0.25) is 0 Å². The number of furan rings is 1. The van der Waals surface area contributed by atoms with Gasteiger partial charge in [0.25, 0.3) is 5.69 Å². The number of carbonyl (C=O) groups is 1. The fourth-order valence-corrected chi connectivity index (χ4v) is 3.50. The van der Waals surface area contributed by atoms with Crippen LogP contribution in [0.15, 0.2) is 81.9 Å². The molecule has 0 bridgehead atoms. The van der Waals surface area contributed by atoms with Gasteiger partial charge in [-0.3, -0.25) is 14.9 Å². The number of allylic oxidation sites excluding steroid dienone is 1. The van der Waals surface area contributed by atoms with Gasteiger partial charge in [-0.25, -0.2) is 4.98 Å². The molecule has 0 aliphatic heterocycles. The monoisotopic (exact) mass is 463 g/mol. The molecule has 0 aliphatic rings. The molecule has 0 aliphatic carbocycles. The summed E-state index contributed by atoms with van der Waals surface area (Å²) >= 11 is 3.35. The van der Waals surface area contributed by atoms with E-state index in [0.29, 0.717) is 38.5 Å². The lowest BCUT2D eigenvalue weighted by molar-refractivity contribution is -0.384. The highest BCUT2D eigenvalue weighted by atomic mass is 79.9. The van der Waals surface area contributed by atoms with Gasteiger partial charge in [0, 0.05) is 40.1 Å². The van der Waals surface area contributed by atoms with Crippen LogP contribution in [0.1, 0.15) is 21.9 Å². The number of ketones is 1. The van der Waals surface area contributed by atoms with E-state index >= 15 is 0 Å². The number of halogens is 1. The van der Waals surface area contributed by atoms with Gasteiger partial charge >= 0.3 is 0 Å². The first-order chi connectivity index (χ1) is 14.5. The summed E-state index contributed by atoms with van der Waals surface area (Å²) in [6, 6.07) is 16.8. The van der Waals surface area contributed by atoms with Gasteiger partial charge in [0.1, 0.15) is 17.3 Å². The number of nitro groups is 1. The van der Waals surface area contributed by atoms with Crippen molar-refractivity contribution in [2.75, 3.05) is 0 Å². The smallest absolute Gasteiger partial charge is 0.270 e. The summed E-state index contributed by atoms with van der Waals surface area (Å²) in [5.41, 5.74) is 1.53. The number of nitro benzene ring substituents is 1. The standard InChI is InChI=1S/C22H14BrN3O4/c23-19-12-15(26(28)29)6-8-17(19)20-9-7-16(30-20)13-18(22-24-10-11-25-22)21(27)14-4-2-1-3-5-14/h1-13H,(H,24,25). The Hall–Kier alpha value is -3.78. The first-order valence-corrected chi connectivity index (χ1v) is 9.67. The van der Waals surface area contributed by atoms with E-state index in [1.165, 1.54) is 12.1 Å². The van der Waals surface area contributed by atoms with Crippen LogP contribution in [0.3, 0.4) is 0 Å². The molecule has 2 aromatic heterocycles. The number of nitrogens with one attached hydrogen (secondary N) is 1. The molecule has 0 spiro atoms. The molecule has 30 heavy (non-hydrogen) atoms. The molecule has 0 radical (unpaired) electrons. The summed E-state index contributed by atoms with van der Waals surface area (Å²) in [4.78, 5) is 30.7. The molecule has 0 saturated carbocycles. The zero-order valence-corrected chi connectivity index (χ0v) is 17.0. The summed E-state index contributed by atoms with van der Waals surface area (Å²) in [6.07, 6.45) is 4.84. The average Bonchev–Trinajstić information content (AvgIpc) is 3.44. The Bertz CT molecular complexity index is 1240. The number of rotatable bonds is 6. The van der Waals surface area contributed by atoms with Gasteiger partial charge in [0.05, 0.1) is 10.5 Å². The highest BCUT2D eigenvalue weighted by molar-refractivity contribution is 9.10. The van der Waals surface area contributed by atoms with Crippen molar-refractivity contribution >= 4 is 39.0 Å². The summed E-state index contributed by atoms with van der Waals surface area (Å²) in [5, 5.41) is 10.9. The van der Waals surface area contributed by atoms with E-state index < -0.39 is 4.92 Å². The van der Waals surface area contributed by atoms with Crippen molar-refractivity contribution in [1.29, 1.82) is 0 Å². The van der Waals surface area contributed by atoms with Gasteiger partial charge < -0.3 is 9.40 Å². The number of aromatic amines is 1. The molecule has 0 atom stereocenters. The predicted octanol–water partition coefficient (Wildman–Crippen LogP) is 5.76. The fourth-order valence-electron chi connectivity index (χ4n) is 2.93. The summed E-state index contributed by atoms with van der Waals surface area (Å²) in [6.45, 7) is 0. The van der Waals surface area contributed by atoms with Crippen molar-refractivity contribution in [3.05, 3.63) is 105 Å². The van der Waals surface area contributed by atoms with Crippen LogP contribution in [-0.4, -0.2) is 20.7 Å². The molecule has 0 amide bonds. The first kappa shape index (κ1) is 19.5. The van der Waals surface area contributed by atoms with E-state index in [0.717, 1.165) is 0 Å². The largest absolute Gasteiger partial charge is 0.457 e.